The summed E-state index contributed by atoms with van der Waals surface area (Å²) in [6, 6.07) is 11.4. The van der Waals surface area contributed by atoms with Crippen LogP contribution >= 0.6 is 0 Å². The minimum atomic E-state index is -0.845. The van der Waals surface area contributed by atoms with E-state index in [4.69, 9.17) is 4.74 Å². The Morgan fingerprint density at radius 2 is 1.83 bits per heavy atom. The van der Waals surface area contributed by atoms with E-state index in [2.05, 4.69) is 15.3 Å². The van der Waals surface area contributed by atoms with Crippen LogP contribution in [0.2, 0.25) is 0 Å². The van der Waals surface area contributed by atoms with Gasteiger partial charge in [0.25, 0.3) is 0 Å². The lowest BCUT2D eigenvalue weighted by atomic mass is 10.1. The summed E-state index contributed by atoms with van der Waals surface area (Å²) in [4.78, 5) is 33.9. The Morgan fingerprint density at radius 3 is 2.53 bits per heavy atom. The number of ether oxygens (including phenoxy) is 1. The van der Waals surface area contributed by atoms with E-state index < -0.39 is 23.5 Å². The number of hydrogen-bond acceptors (Lipinski definition) is 5. The summed E-state index contributed by atoms with van der Waals surface area (Å²) >= 11 is 0. The Morgan fingerprint density at radius 1 is 1.10 bits per heavy atom. The third-order valence-electron chi connectivity index (χ3n) is 4.57. The van der Waals surface area contributed by atoms with Gasteiger partial charge in [0, 0.05) is 37.1 Å². The van der Waals surface area contributed by atoms with Crippen molar-refractivity contribution in [3.8, 4) is 11.8 Å². The molecule has 2 aromatic carbocycles. The predicted octanol–water partition coefficient (Wildman–Crippen LogP) is 3.54. The molecule has 0 saturated carbocycles. The Bertz CT molecular complexity index is 1080. The number of halogens is 2. The van der Waals surface area contributed by atoms with E-state index in [9.17, 15) is 18.4 Å². The van der Waals surface area contributed by atoms with Gasteiger partial charge in [-0.25, -0.2) is 18.7 Å². The van der Waals surface area contributed by atoms with Crippen molar-refractivity contribution in [1.82, 2.24) is 9.97 Å². The van der Waals surface area contributed by atoms with Crippen molar-refractivity contribution in [2.75, 3.05) is 16.8 Å². The highest BCUT2D eigenvalue weighted by Crippen LogP contribution is 2.29. The molecule has 0 bridgehead atoms. The number of carbonyl (C=O) groups is 2. The van der Waals surface area contributed by atoms with Gasteiger partial charge in [0.1, 0.15) is 17.4 Å². The van der Waals surface area contributed by atoms with Gasteiger partial charge in [-0.05, 0) is 42.5 Å². The molecule has 1 saturated heterocycles. The topological polar surface area (TPSA) is 84.4 Å². The summed E-state index contributed by atoms with van der Waals surface area (Å²) in [7, 11) is 0. The molecule has 1 aliphatic rings. The van der Waals surface area contributed by atoms with Gasteiger partial charge in [-0.3, -0.25) is 9.59 Å². The zero-order chi connectivity index (χ0) is 21.1. The standard InChI is InChI=1S/C21H16F2N4O3/c22-14-2-7-18(17(23)11-14)27-12-13(10-19(27)28)20(29)26-15-3-5-16(6-4-15)30-21-24-8-1-9-25-21/h1-9,11,13H,10,12H2,(H,26,29). The molecule has 0 radical (unpaired) electrons. The normalized spacial score (nSPS) is 15.9. The molecule has 1 unspecified atom stereocenters. The monoisotopic (exact) mass is 410 g/mol. The van der Waals surface area contributed by atoms with Gasteiger partial charge < -0.3 is 15.0 Å². The lowest BCUT2D eigenvalue weighted by molar-refractivity contribution is -0.122. The molecule has 9 heteroatoms. The van der Waals surface area contributed by atoms with Crippen molar-refractivity contribution in [2.45, 2.75) is 6.42 Å². The van der Waals surface area contributed by atoms with Crippen LogP contribution in [0.15, 0.2) is 60.9 Å². The number of carbonyl (C=O) groups excluding carboxylic acids is 2. The summed E-state index contributed by atoms with van der Waals surface area (Å²) in [6.07, 6.45) is 3.05. The van der Waals surface area contributed by atoms with E-state index in [1.807, 2.05) is 0 Å². The minimum Gasteiger partial charge on any atom is -0.424 e. The van der Waals surface area contributed by atoms with Crippen molar-refractivity contribution in [3.63, 3.8) is 0 Å². The maximum absolute atomic E-state index is 14.0. The first kappa shape index (κ1) is 19.4. The molecule has 1 aliphatic heterocycles. The highest BCUT2D eigenvalue weighted by molar-refractivity contribution is 6.03. The van der Waals surface area contributed by atoms with Crippen molar-refractivity contribution in [2.24, 2.45) is 5.92 Å². The largest absolute Gasteiger partial charge is 0.424 e. The molecule has 0 aliphatic carbocycles. The molecule has 0 spiro atoms. The quantitative estimate of drug-likeness (QED) is 0.696. The number of nitrogens with one attached hydrogen (secondary N) is 1. The summed E-state index contributed by atoms with van der Waals surface area (Å²) in [5.74, 6) is -2.50. The highest BCUT2D eigenvalue weighted by Gasteiger charge is 2.36. The first-order chi connectivity index (χ1) is 14.5. The number of benzene rings is 2. The third kappa shape index (κ3) is 4.24. The van der Waals surface area contributed by atoms with Crippen LogP contribution in [0, 0.1) is 17.6 Å². The van der Waals surface area contributed by atoms with Gasteiger partial charge in [0.2, 0.25) is 11.8 Å². The van der Waals surface area contributed by atoms with Gasteiger partial charge >= 0.3 is 6.01 Å². The lowest BCUT2D eigenvalue weighted by Crippen LogP contribution is -2.28. The smallest absolute Gasteiger partial charge is 0.321 e. The second-order valence-corrected chi connectivity index (χ2v) is 6.65. The van der Waals surface area contributed by atoms with Gasteiger partial charge in [-0.15, -0.1) is 0 Å². The van der Waals surface area contributed by atoms with Crippen LogP contribution in [0.4, 0.5) is 20.2 Å². The molecule has 1 atom stereocenters. The summed E-state index contributed by atoms with van der Waals surface area (Å²) < 4.78 is 32.6. The predicted molar refractivity (Wildman–Crippen MR) is 104 cm³/mol. The number of hydrogen-bond donors (Lipinski definition) is 1. The second-order valence-electron chi connectivity index (χ2n) is 6.65. The number of aromatic nitrogens is 2. The second kappa shape index (κ2) is 8.24. The average Bonchev–Trinajstić information content (AvgIpc) is 3.12. The number of anilines is 2. The fourth-order valence-corrected chi connectivity index (χ4v) is 3.11. The zero-order valence-electron chi connectivity index (χ0n) is 15.6. The van der Waals surface area contributed by atoms with Crippen LogP contribution in [-0.2, 0) is 9.59 Å². The van der Waals surface area contributed by atoms with Crippen LogP contribution in [0.25, 0.3) is 0 Å². The SMILES string of the molecule is O=C(Nc1ccc(Oc2ncccn2)cc1)C1CC(=O)N(c2ccc(F)cc2F)C1. The zero-order valence-corrected chi connectivity index (χ0v) is 15.6. The van der Waals surface area contributed by atoms with E-state index in [1.54, 1.807) is 42.7 Å². The van der Waals surface area contributed by atoms with Crippen LogP contribution in [0.5, 0.6) is 11.8 Å². The fraction of sp³-hybridized carbons (Fsp3) is 0.143. The van der Waals surface area contributed by atoms with Gasteiger partial charge in [0.15, 0.2) is 0 Å². The molecular formula is C21H16F2N4O3. The van der Waals surface area contributed by atoms with Crippen LogP contribution in [-0.4, -0.2) is 28.3 Å². The van der Waals surface area contributed by atoms with Gasteiger partial charge in [0.05, 0.1) is 11.6 Å². The molecule has 1 fully saturated rings. The van der Waals surface area contributed by atoms with E-state index in [1.165, 1.54) is 6.07 Å². The fourth-order valence-electron chi connectivity index (χ4n) is 3.11. The van der Waals surface area contributed by atoms with Crippen LogP contribution in [0.1, 0.15) is 6.42 Å². The van der Waals surface area contributed by atoms with Crippen molar-refractivity contribution >= 4 is 23.2 Å². The highest BCUT2D eigenvalue weighted by atomic mass is 19.1. The third-order valence-corrected chi connectivity index (χ3v) is 4.57. The van der Waals surface area contributed by atoms with Gasteiger partial charge in [-0.1, -0.05) is 0 Å². The number of amides is 2. The van der Waals surface area contributed by atoms with Crippen molar-refractivity contribution < 1.29 is 23.1 Å². The summed E-state index contributed by atoms with van der Waals surface area (Å²) in [5.41, 5.74) is 0.474. The maximum Gasteiger partial charge on any atom is 0.321 e. The Labute approximate surface area is 170 Å². The molecule has 2 amide bonds. The van der Waals surface area contributed by atoms with Gasteiger partial charge in [-0.2, -0.15) is 0 Å². The van der Waals surface area contributed by atoms with E-state index >= 15 is 0 Å². The Kier molecular flexibility index (Phi) is 5.34. The van der Waals surface area contributed by atoms with Crippen molar-refractivity contribution in [3.05, 3.63) is 72.6 Å². The first-order valence-corrected chi connectivity index (χ1v) is 9.11. The Balaban J connectivity index is 1.39. The van der Waals surface area contributed by atoms with E-state index in [0.29, 0.717) is 17.5 Å². The number of nitrogens with zero attached hydrogens (tertiary/aromatic N) is 3. The molecule has 3 aromatic rings. The maximum atomic E-state index is 14.0. The lowest BCUT2D eigenvalue weighted by Gasteiger charge is -2.17. The molecule has 1 N–H and O–H groups in total. The molecule has 2 heterocycles. The molecule has 30 heavy (non-hydrogen) atoms. The van der Waals surface area contributed by atoms with Crippen LogP contribution < -0.4 is 15.0 Å². The molecule has 152 valence electrons. The summed E-state index contributed by atoms with van der Waals surface area (Å²) in [5, 5.41) is 2.73. The summed E-state index contributed by atoms with van der Waals surface area (Å²) in [6.45, 7) is 0.0137. The van der Waals surface area contributed by atoms with Crippen LogP contribution in [0.3, 0.4) is 0 Å². The molecule has 1 aromatic heterocycles. The van der Waals surface area contributed by atoms with E-state index in [0.717, 1.165) is 11.0 Å². The molecular weight excluding hydrogens is 394 g/mol. The first-order valence-electron chi connectivity index (χ1n) is 9.11. The minimum absolute atomic E-state index is 0.0137. The molecule has 7 nitrogen and oxygen atoms in total. The average molecular weight is 410 g/mol. The number of rotatable bonds is 5. The van der Waals surface area contributed by atoms with E-state index in [-0.39, 0.29) is 30.6 Å². The molecule has 4 rings (SSSR count). The van der Waals surface area contributed by atoms with Crippen molar-refractivity contribution in [1.29, 1.82) is 0 Å². The Hall–Kier alpha value is -3.88.